The molecule has 27 heavy (non-hydrogen) atoms. The van der Waals surface area contributed by atoms with E-state index in [2.05, 4.69) is 0 Å². The van der Waals surface area contributed by atoms with Crippen molar-refractivity contribution >= 4 is 11.9 Å². The molecule has 2 aromatic rings. The first kappa shape index (κ1) is 18.7. The van der Waals surface area contributed by atoms with Crippen molar-refractivity contribution in [2.75, 3.05) is 13.7 Å². The summed E-state index contributed by atoms with van der Waals surface area (Å²) in [4.78, 5) is 24.8. The van der Waals surface area contributed by atoms with Crippen LogP contribution in [0.25, 0.3) is 0 Å². The van der Waals surface area contributed by atoms with E-state index in [1.165, 1.54) is 17.0 Å². The summed E-state index contributed by atoms with van der Waals surface area (Å²) < 4.78 is 24.1. The van der Waals surface area contributed by atoms with Crippen LogP contribution in [0.5, 0.6) is 11.5 Å². The fourth-order valence-corrected chi connectivity index (χ4v) is 2.96. The molecule has 1 heterocycles. The van der Waals surface area contributed by atoms with E-state index in [-0.39, 0.29) is 37.8 Å². The minimum atomic E-state index is -0.964. The van der Waals surface area contributed by atoms with Gasteiger partial charge in [0.2, 0.25) is 5.91 Å². The molecular formula is C20H20FNO5. The van der Waals surface area contributed by atoms with Crippen LogP contribution < -0.4 is 9.47 Å². The van der Waals surface area contributed by atoms with E-state index >= 15 is 0 Å². The standard InChI is InChI=1S/C20H20FNO5/c1-26-17-7-4-14(10-22-11-15(20(24)25)8-19(22)23)18(9-17)27-12-13-2-5-16(21)6-3-13/h2-7,9,15H,8,10-12H2,1H3,(H,24,25). The van der Waals surface area contributed by atoms with Gasteiger partial charge in [-0.2, -0.15) is 0 Å². The lowest BCUT2D eigenvalue weighted by atomic mass is 10.1. The molecule has 1 fully saturated rings. The van der Waals surface area contributed by atoms with Gasteiger partial charge in [-0.25, -0.2) is 4.39 Å². The normalized spacial score (nSPS) is 16.4. The molecule has 1 aliphatic heterocycles. The van der Waals surface area contributed by atoms with Gasteiger partial charge in [0, 0.05) is 31.1 Å². The van der Waals surface area contributed by atoms with E-state index < -0.39 is 11.9 Å². The van der Waals surface area contributed by atoms with Crippen molar-refractivity contribution in [2.24, 2.45) is 5.92 Å². The summed E-state index contributed by atoms with van der Waals surface area (Å²) in [5.74, 6) is -1.02. The van der Waals surface area contributed by atoms with Crippen molar-refractivity contribution in [3.8, 4) is 11.5 Å². The van der Waals surface area contributed by atoms with Gasteiger partial charge < -0.3 is 19.5 Å². The number of nitrogens with zero attached hydrogens (tertiary/aromatic N) is 1. The Hall–Kier alpha value is -3.09. The Morgan fingerprint density at radius 3 is 2.63 bits per heavy atom. The minimum Gasteiger partial charge on any atom is -0.497 e. The van der Waals surface area contributed by atoms with Crippen molar-refractivity contribution < 1.29 is 28.6 Å². The molecule has 1 N–H and O–H groups in total. The number of halogens is 1. The summed E-state index contributed by atoms with van der Waals surface area (Å²) in [7, 11) is 1.54. The molecule has 0 saturated carbocycles. The molecule has 1 amide bonds. The predicted molar refractivity (Wildman–Crippen MR) is 94.9 cm³/mol. The lowest BCUT2D eigenvalue weighted by Crippen LogP contribution is -2.26. The Balaban J connectivity index is 1.75. The Kier molecular flexibility index (Phi) is 5.59. The van der Waals surface area contributed by atoms with Gasteiger partial charge in [0.1, 0.15) is 23.9 Å². The molecule has 142 valence electrons. The van der Waals surface area contributed by atoms with Gasteiger partial charge in [-0.1, -0.05) is 12.1 Å². The van der Waals surface area contributed by atoms with Crippen molar-refractivity contribution in [1.82, 2.24) is 4.90 Å². The van der Waals surface area contributed by atoms with Gasteiger partial charge in [0.05, 0.1) is 13.0 Å². The highest BCUT2D eigenvalue weighted by molar-refractivity contribution is 5.86. The monoisotopic (exact) mass is 373 g/mol. The zero-order valence-corrected chi connectivity index (χ0v) is 14.9. The van der Waals surface area contributed by atoms with E-state index in [0.717, 1.165) is 11.1 Å². The number of methoxy groups -OCH3 is 1. The second kappa shape index (κ2) is 8.07. The van der Waals surface area contributed by atoms with E-state index in [9.17, 15) is 14.0 Å². The Morgan fingerprint density at radius 1 is 1.26 bits per heavy atom. The molecular weight excluding hydrogens is 353 g/mol. The Morgan fingerprint density at radius 2 is 2.00 bits per heavy atom. The minimum absolute atomic E-state index is 0.0112. The average Bonchev–Trinajstić information content (AvgIpc) is 3.03. The van der Waals surface area contributed by atoms with E-state index in [1.54, 1.807) is 37.4 Å². The van der Waals surface area contributed by atoms with Gasteiger partial charge in [0.25, 0.3) is 0 Å². The summed E-state index contributed by atoms with van der Waals surface area (Å²) in [5, 5.41) is 9.12. The third kappa shape index (κ3) is 4.55. The molecule has 6 nitrogen and oxygen atoms in total. The number of benzene rings is 2. The van der Waals surface area contributed by atoms with Gasteiger partial charge in [0.15, 0.2) is 0 Å². The number of carboxylic acid groups (broad SMARTS) is 1. The summed E-state index contributed by atoms with van der Waals surface area (Å²) in [6, 6.07) is 11.3. The van der Waals surface area contributed by atoms with Crippen LogP contribution in [0, 0.1) is 11.7 Å². The van der Waals surface area contributed by atoms with Crippen LogP contribution in [0.1, 0.15) is 17.5 Å². The molecule has 1 aliphatic rings. The fourth-order valence-electron chi connectivity index (χ4n) is 2.96. The van der Waals surface area contributed by atoms with Crippen LogP contribution in [0.4, 0.5) is 4.39 Å². The van der Waals surface area contributed by atoms with Gasteiger partial charge in [-0.15, -0.1) is 0 Å². The molecule has 3 rings (SSSR count). The number of aliphatic carboxylic acids is 1. The summed E-state index contributed by atoms with van der Waals surface area (Å²) in [6.45, 7) is 0.662. The lowest BCUT2D eigenvalue weighted by Gasteiger charge is -2.19. The van der Waals surface area contributed by atoms with E-state index in [1.807, 2.05) is 0 Å². The SMILES string of the molecule is COc1ccc(CN2CC(C(=O)O)CC2=O)c(OCc2ccc(F)cc2)c1. The number of hydrogen-bond acceptors (Lipinski definition) is 4. The summed E-state index contributed by atoms with van der Waals surface area (Å²) in [6.07, 6.45) is 0.0112. The maximum atomic E-state index is 13.0. The number of likely N-dealkylation sites (tertiary alicyclic amines) is 1. The number of carbonyl (C=O) groups is 2. The molecule has 2 aromatic carbocycles. The molecule has 0 radical (unpaired) electrons. The molecule has 0 aliphatic carbocycles. The third-order valence-corrected chi connectivity index (χ3v) is 4.51. The number of hydrogen-bond donors (Lipinski definition) is 1. The molecule has 7 heteroatoms. The smallest absolute Gasteiger partial charge is 0.308 e. The third-order valence-electron chi connectivity index (χ3n) is 4.51. The summed E-state index contributed by atoms with van der Waals surface area (Å²) in [5.41, 5.74) is 1.55. The predicted octanol–water partition coefficient (Wildman–Crippen LogP) is 2.85. The quantitative estimate of drug-likeness (QED) is 0.808. The highest BCUT2D eigenvalue weighted by Gasteiger charge is 2.34. The first-order chi connectivity index (χ1) is 13.0. The second-order valence-electron chi connectivity index (χ2n) is 6.40. The van der Waals surface area contributed by atoms with Crippen LogP contribution >= 0.6 is 0 Å². The molecule has 0 bridgehead atoms. The first-order valence-electron chi connectivity index (χ1n) is 8.51. The number of carbonyl (C=O) groups excluding carboxylic acids is 1. The number of amides is 1. The highest BCUT2D eigenvalue weighted by Crippen LogP contribution is 2.29. The Bertz CT molecular complexity index is 837. The molecule has 1 atom stereocenters. The zero-order chi connectivity index (χ0) is 19.4. The van der Waals surface area contributed by atoms with Crippen molar-refractivity contribution in [3.05, 3.63) is 59.4 Å². The van der Waals surface area contributed by atoms with Crippen LogP contribution in [-0.2, 0) is 22.7 Å². The number of carboxylic acids is 1. The average molecular weight is 373 g/mol. The van der Waals surface area contributed by atoms with Gasteiger partial charge >= 0.3 is 5.97 Å². The zero-order valence-electron chi connectivity index (χ0n) is 14.9. The largest absolute Gasteiger partial charge is 0.497 e. The number of ether oxygens (including phenoxy) is 2. The van der Waals surface area contributed by atoms with Crippen LogP contribution in [-0.4, -0.2) is 35.5 Å². The van der Waals surface area contributed by atoms with Gasteiger partial charge in [-0.05, 0) is 29.8 Å². The second-order valence-corrected chi connectivity index (χ2v) is 6.40. The molecule has 0 aromatic heterocycles. The highest BCUT2D eigenvalue weighted by atomic mass is 19.1. The lowest BCUT2D eigenvalue weighted by molar-refractivity contribution is -0.141. The van der Waals surface area contributed by atoms with Gasteiger partial charge in [-0.3, -0.25) is 9.59 Å². The first-order valence-corrected chi connectivity index (χ1v) is 8.51. The van der Waals surface area contributed by atoms with E-state index in [4.69, 9.17) is 14.6 Å². The topological polar surface area (TPSA) is 76.1 Å². The Labute approximate surface area is 156 Å². The fraction of sp³-hybridized carbons (Fsp3) is 0.300. The summed E-state index contributed by atoms with van der Waals surface area (Å²) >= 11 is 0. The van der Waals surface area contributed by atoms with Crippen LogP contribution in [0.15, 0.2) is 42.5 Å². The molecule has 0 spiro atoms. The van der Waals surface area contributed by atoms with Crippen molar-refractivity contribution in [1.29, 1.82) is 0 Å². The van der Waals surface area contributed by atoms with Crippen LogP contribution in [0.2, 0.25) is 0 Å². The van der Waals surface area contributed by atoms with E-state index in [0.29, 0.717) is 11.5 Å². The van der Waals surface area contributed by atoms with Crippen molar-refractivity contribution in [3.63, 3.8) is 0 Å². The molecule has 1 unspecified atom stereocenters. The maximum Gasteiger partial charge on any atom is 0.308 e. The maximum absolute atomic E-state index is 13.0. The molecule has 1 saturated heterocycles. The number of rotatable bonds is 7. The van der Waals surface area contributed by atoms with Crippen LogP contribution in [0.3, 0.4) is 0 Å². The van der Waals surface area contributed by atoms with Crippen molar-refractivity contribution in [2.45, 2.75) is 19.6 Å².